The van der Waals surface area contributed by atoms with Crippen LogP contribution in [0.2, 0.25) is 0 Å². The van der Waals surface area contributed by atoms with Crippen LogP contribution in [0.15, 0.2) is 18.2 Å². The highest BCUT2D eigenvalue weighted by atomic mass is 32.2. The van der Waals surface area contributed by atoms with Gasteiger partial charge in [0.2, 0.25) is 10.0 Å². The third kappa shape index (κ3) is 3.90. The SMILES string of the molecule is CC1(C)OB(c2cccc(N3CCC(N4CCCCS4(=O)=O)CC3)c2F)OC1(C)C. The van der Waals surface area contributed by atoms with Crippen LogP contribution < -0.4 is 10.4 Å². The standard InChI is InChI=1S/C21H32BFN2O4S/c1-20(2)21(3,4)29-22(28-20)17-8-7-9-18(19(17)23)24-13-10-16(11-14-24)25-12-5-6-15-30(25,26)27/h7-9,16H,5-6,10-15H2,1-4H3. The minimum atomic E-state index is -3.15. The quantitative estimate of drug-likeness (QED) is 0.679. The van der Waals surface area contributed by atoms with Gasteiger partial charge in [0.15, 0.2) is 0 Å². The number of rotatable bonds is 3. The summed E-state index contributed by atoms with van der Waals surface area (Å²) in [6.45, 7) is 9.67. The largest absolute Gasteiger partial charge is 0.497 e. The molecular formula is C21H32BFN2O4S. The van der Waals surface area contributed by atoms with Gasteiger partial charge in [-0.2, -0.15) is 4.31 Å². The molecule has 6 nitrogen and oxygen atoms in total. The summed E-state index contributed by atoms with van der Waals surface area (Å²) in [7, 11) is -3.89. The van der Waals surface area contributed by atoms with Crippen molar-refractivity contribution < 1.29 is 22.1 Å². The fraction of sp³-hybridized carbons (Fsp3) is 0.714. The van der Waals surface area contributed by atoms with Crippen LogP contribution >= 0.6 is 0 Å². The molecule has 0 aromatic heterocycles. The number of sulfonamides is 1. The van der Waals surface area contributed by atoms with Crippen LogP contribution in [0.1, 0.15) is 53.4 Å². The van der Waals surface area contributed by atoms with Crippen molar-refractivity contribution in [3.05, 3.63) is 24.0 Å². The molecule has 1 aromatic carbocycles. The van der Waals surface area contributed by atoms with Crippen LogP contribution in [0, 0.1) is 5.82 Å². The fourth-order valence-electron chi connectivity index (χ4n) is 4.55. The highest BCUT2D eigenvalue weighted by Crippen LogP contribution is 2.37. The van der Waals surface area contributed by atoms with E-state index in [4.69, 9.17) is 9.31 Å². The molecule has 3 aliphatic rings. The molecule has 0 amide bonds. The molecule has 1 aromatic rings. The molecule has 0 unspecified atom stereocenters. The number of hydrogen-bond donors (Lipinski definition) is 0. The van der Waals surface area contributed by atoms with Crippen LogP contribution in [0.3, 0.4) is 0 Å². The van der Waals surface area contributed by atoms with Gasteiger partial charge in [0.25, 0.3) is 0 Å². The van der Waals surface area contributed by atoms with Crippen molar-refractivity contribution in [1.29, 1.82) is 0 Å². The molecular weight excluding hydrogens is 406 g/mol. The highest BCUT2D eigenvalue weighted by molar-refractivity contribution is 7.89. The van der Waals surface area contributed by atoms with E-state index in [1.165, 1.54) is 0 Å². The Hall–Kier alpha value is -1.16. The first kappa shape index (κ1) is 22.1. The lowest BCUT2D eigenvalue weighted by Gasteiger charge is -2.40. The van der Waals surface area contributed by atoms with E-state index in [2.05, 4.69) is 0 Å². The molecule has 0 bridgehead atoms. The number of halogens is 1. The van der Waals surface area contributed by atoms with E-state index in [0.717, 1.165) is 12.8 Å². The van der Waals surface area contributed by atoms with Gasteiger partial charge < -0.3 is 14.2 Å². The van der Waals surface area contributed by atoms with E-state index in [0.29, 0.717) is 43.6 Å². The molecule has 0 N–H and O–H groups in total. The van der Waals surface area contributed by atoms with E-state index in [1.807, 2.05) is 38.7 Å². The predicted molar refractivity (Wildman–Crippen MR) is 117 cm³/mol. The molecule has 0 spiro atoms. The molecule has 3 fully saturated rings. The average molecular weight is 438 g/mol. The van der Waals surface area contributed by atoms with Gasteiger partial charge in [-0.25, -0.2) is 12.8 Å². The third-order valence-electron chi connectivity index (χ3n) is 7.12. The van der Waals surface area contributed by atoms with Gasteiger partial charge in [-0.05, 0) is 59.4 Å². The number of benzene rings is 1. The molecule has 3 saturated heterocycles. The van der Waals surface area contributed by atoms with Crippen molar-refractivity contribution >= 4 is 28.3 Å². The zero-order valence-corrected chi connectivity index (χ0v) is 19.2. The Bertz CT molecular complexity index is 884. The summed E-state index contributed by atoms with van der Waals surface area (Å²) in [5.74, 6) is -0.0714. The normalized spacial score (nSPS) is 26.8. The number of anilines is 1. The first-order valence-corrected chi connectivity index (χ1v) is 12.5. The van der Waals surface area contributed by atoms with Crippen molar-refractivity contribution in [3.63, 3.8) is 0 Å². The number of piperidine rings is 1. The van der Waals surface area contributed by atoms with E-state index in [1.54, 1.807) is 16.4 Å². The second-order valence-corrected chi connectivity index (χ2v) is 11.7. The zero-order valence-electron chi connectivity index (χ0n) is 18.4. The third-order valence-corrected chi connectivity index (χ3v) is 9.12. The zero-order chi connectivity index (χ0) is 21.7. The van der Waals surface area contributed by atoms with Crippen LogP contribution in [-0.2, 0) is 19.3 Å². The van der Waals surface area contributed by atoms with Gasteiger partial charge in [0.1, 0.15) is 5.82 Å². The maximum atomic E-state index is 15.5. The molecule has 3 aliphatic heterocycles. The predicted octanol–water partition coefficient (Wildman–Crippen LogP) is 2.52. The Morgan fingerprint density at radius 2 is 1.67 bits per heavy atom. The van der Waals surface area contributed by atoms with E-state index in [9.17, 15) is 8.42 Å². The molecule has 166 valence electrons. The monoisotopic (exact) mass is 438 g/mol. The fourth-order valence-corrected chi connectivity index (χ4v) is 6.42. The number of nitrogens with zero attached hydrogens (tertiary/aromatic N) is 2. The minimum Gasteiger partial charge on any atom is -0.399 e. The van der Waals surface area contributed by atoms with Crippen molar-refractivity contribution in [2.75, 3.05) is 30.3 Å². The van der Waals surface area contributed by atoms with Crippen LogP contribution in [-0.4, -0.2) is 62.5 Å². The maximum absolute atomic E-state index is 15.5. The van der Waals surface area contributed by atoms with E-state index >= 15 is 4.39 Å². The van der Waals surface area contributed by atoms with E-state index in [-0.39, 0.29) is 17.6 Å². The lowest BCUT2D eigenvalue weighted by molar-refractivity contribution is 0.00578. The molecule has 3 heterocycles. The maximum Gasteiger partial charge on any atom is 0.497 e. The average Bonchev–Trinajstić information content (AvgIpc) is 2.89. The van der Waals surface area contributed by atoms with E-state index < -0.39 is 28.3 Å². The molecule has 30 heavy (non-hydrogen) atoms. The van der Waals surface area contributed by atoms with Gasteiger partial charge in [-0.3, -0.25) is 0 Å². The Morgan fingerprint density at radius 1 is 1.03 bits per heavy atom. The van der Waals surface area contributed by atoms with Gasteiger partial charge in [0.05, 0.1) is 22.6 Å². The Balaban J connectivity index is 1.48. The summed E-state index contributed by atoms with van der Waals surface area (Å²) in [5.41, 5.74) is -0.120. The van der Waals surface area contributed by atoms with Crippen molar-refractivity contribution in [3.8, 4) is 0 Å². The molecule has 4 rings (SSSR count). The van der Waals surface area contributed by atoms with Gasteiger partial charge in [-0.15, -0.1) is 0 Å². The topological polar surface area (TPSA) is 59.1 Å². The van der Waals surface area contributed by atoms with Crippen molar-refractivity contribution in [2.24, 2.45) is 0 Å². The van der Waals surface area contributed by atoms with Gasteiger partial charge in [0, 0.05) is 31.1 Å². The van der Waals surface area contributed by atoms with Gasteiger partial charge in [-0.1, -0.05) is 12.1 Å². The Labute approximate surface area is 179 Å². The first-order valence-electron chi connectivity index (χ1n) is 10.9. The molecule has 0 aliphatic carbocycles. The lowest BCUT2D eigenvalue weighted by atomic mass is 9.78. The van der Waals surface area contributed by atoms with Crippen LogP contribution in [0.5, 0.6) is 0 Å². The second-order valence-electron chi connectivity index (χ2n) is 9.62. The highest BCUT2D eigenvalue weighted by Gasteiger charge is 2.52. The minimum absolute atomic E-state index is 0.0147. The summed E-state index contributed by atoms with van der Waals surface area (Å²) in [6, 6.07) is 5.34. The first-order chi connectivity index (χ1) is 14.0. The Kier molecular flexibility index (Phi) is 5.71. The summed E-state index contributed by atoms with van der Waals surface area (Å²) < 4.78 is 54.1. The second kappa shape index (κ2) is 7.76. The number of hydrogen-bond acceptors (Lipinski definition) is 5. The summed E-state index contributed by atoms with van der Waals surface area (Å²) in [5, 5.41) is 0. The summed E-state index contributed by atoms with van der Waals surface area (Å²) in [4.78, 5) is 2.01. The summed E-state index contributed by atoms with van der Waals surface area (Å²) in [6.07, 6.45) is 3.08. The van der Waals surface area contributed by atoms with Gasteiger partial charge >= 0.3 is 7.12 Å². The smallest absolute Gasteiger partial charge is 0.399 e. The van der Waals surface area contributed by atoms with Crippen molar-refractivity contribution in [2.45, 2.75) is 70.6 Å². The molecule has 0 saturated carbocycles. The lowest BCUT2D eigenvalue weighted by Crippen LogP contribution is -2.50. The van der Waals surface area contributed by atoms with Crippen LogP contribution in [0.25, 0.3) is 0 Å². The van der Waals surface area contributed by atoms with Crippen molar-refractivity contribution in [1.82, 2.24) is 4.31 Å². The molecule has 0 radical (unpaired) electrons. The van der Waals surface area contributed by atoms with Crippen LogP contribution in [0.4, 0.5) is 10.1 Å². The Morgan fingerprint density at radius 3 is 2.27 bits per heavy atom. The molecule has 9 heteroatoms. The molecule has 0 atom stereocenters. The summed E-state index contributed by atoms with van der Waals surface area (Å²) >= 11 is 0.